The molecule has 2 heterocycles. The van der Waals surface area contributed by atoms with Crippen LogP contribution >= 0.6 is 0 Å². The minimum Gasteiger partial charge on any atom is -0.355 e. The molecule has 1 aliphatic carbocycles. The summed E-state index contributed by atoms with van der Waals surface area (Å²) in [5.41, 5.74) is 0.160. The number of aromatic nitrogens is 1. The highest BCUT2D eigenvalue weighted by molar-refractivity contribution is 6.04. The second-order valence-electron chi connectivity index (χ2n) is 9.07. The molecular weight excluding hydrogens is 459 g/mol. The summed E-state index contributed by atoms with van der Waals surface area (Å²) in [6.07, 6.45) is 1.38. The lowest BCUT2D eigenvalue weighted by Gasteiger charge is -2.23. The van der Waals surface area contributed by atoms with Crippen LogP contribution in [-0.4, -0.2) is 60.5 Å². The molecule has 10 heteroatoms. The van der Waals surface area contributed by atoms with Gasteiger partial charge in [0.25, 0.3) is 5.91 Å². The minimum atomic E-state index is -4.41. The van der Waals surface area contributed by atoms with Gasteiger partial charge in [-0.05, 0) is 43.5 Å². The molecule has 2 amide bonds. The van der Waals surface area contributed by atoms with E-state index in [4.69, 9.17) is 0 Å². The van der Waals surface area contributed by atoms with Crippen LogP contribution in [0.1, 0.15) is 48.0 Å². The Kier molecular flexibility index (Phi) is 7.90. The van der Waals surface area contributed by atoms with Crippen LogP contribution in [0.2, 0.25) is 0 Å². The van der Waals surface area contributed by atoms with Crippen LogP contribution < -0.4 is 15.5 Å². The highest BCUT2D eigenvalue weighted by Gasteiger charge is 2.31. The molecule has 0 unspecified atom stereocenters. The van der Waals surface area contributed by atoms with Gasteiger partial charge in [0.15, 0.2) is 0 Å². The summed E-state index contributed by atoms with van der Waals surface area (Å²) >= 11 is 0. The summed E-state index contributed by atoms with van der Waals surface area (Å²) in [7, 11) is 0. The predicted molar refractivity (Wildman–Crippen MR) is 127 cm³/mol. The average Bonchev–Trinajstić information content (AvgIpc) is 3.23. The Hall–Kier alpha value is -3.14. The van der Waals surface area contributed by atoms with E-state index in [1.807, 2.05) is 9.80 Å². The zero-order valence-corrected chi connectivity index (χ0v) is 19.5. The molecule has 35 heavy (non-hydrogen) atoms. The van der Waals surface area contributed by atoms with Gasteiger partial charge in [-0.2, -0.15) is 13.2 Å². The van der Waals surface area contributed by atoms with Crippen LogP contribution in [0.3, 0.4) is 0 Å². The zero-order valence-electron chi connectivity index (χ0n) is 19.5. The largest absolute Gasteiger partial charge is 0.417 e. The van der Waals surface area contributed by atoms with E-state index in [1.165, 1.54) is 6.07 Å². The van der Waals surface area contributed by atoms with Gasteiger partial charge in [-0.3, -0.25) is 14.5 Å². The lowest BCUT2D eigenvalue weighted by molar-refractivity contribution is -0.137. The molecule has 2 aliphatic rings. The monoisotopic (exact) mass is 489 g/mol. The molecule has 0 spiro atoms. The van der Waals surface area contributed by atoms with Crippen molar-refractivity contribution < 1.29 is 22.8 Å². The van der Waals surface area contributed by atoms with Crippen molar-refractivity contribution in [3.63, 3.8) is 0 Å². The predicted octanol–water partition coefficient (Wildman–Crippen LogP) is 3.92. The fourth-order valence-corrected chi connectivity index (χ4v) is 4.62. The number of nitrogens with one attached hydrogen (secondary N) is 2. The molecule has 4 rings (SSSR count). The average molecular weight is 490 g/mol. The number of carbonyl (C=O) groups excluding carboxylic acids is 2. The molecule has 7 nitrogen and oxygen atoms in total. The maximum absolute atomic E-state index is 12.8. The number of halogens is 3. The zero-order chi connectivity index (χ0) is 24.8. The molecule has 1 aromatic carbocycles. The van der Waals surface area contributed by atoms with E-state index in [9.17, 15) is 22.8 Å². The van der Waals surface area contributed by atoms with Crippen LogP contribution in [0.5, 0.6) is 0 Å². The van der Waals surface area contributed by atoms with Crippen LogP contribution in [0.15, 0.2) is 42.6 Å². The number of benzene rings is 1. The topological polar surface area (TPSA) is 77.6 Å². The third-order valence-corrected chi connectivity index (χ3v) is 6.49. The Bertz CT molecular complexity index is 1020. The maximum Gasteiger partial charge on any atom is 0.417 e. The maximum atomic E-state index is 12.8. The molecule has 0 bridgehead atoms. The second kappa shape index (κ2) is 11.1. The third kappa shape index (κ3) is 6.72. The summed E-state index contributed by atoms with van der Waals surface area (Å²) in [6.45, 7) is 2.59. The summed E-state index contributed by atoms with van der Waals surface area (Å²) in [4.78, 5) is 33.4. The van der Waals surface area contributed by atoms with Crippen molar-refractivity contribution in [1.29, 1.82) is 0 Å². The van der Waals surface area contributed by atoms with Gasteiger partial charge < -0.3 is 15.5 Å². The van der Waals surface area contributed by atoms with E-state index >= 15 is 0 Å². The molecule has 1 aromatic heterocycles. The van der Waals surface area contributed by atoms with Gasteiger partial charge in [0.05, 0.1) is 23.4 Å². The Balaban J connectivity index is 1.31. The summed E-state index contributed by atoms with van der Waals surface area (Å²) < 4.78 is 38.4. The van der Waals surface area contributed by atoms with Crippen molar-refractivity contribution in [2.45, 2.75) is 44.3 Å². The van der Waals surface area contributed by atoms with E-state index in [-0.39, 0.29) is 24.4 Å². The molecule has 1 saturated heterocycles. The van der Waals surface area contributed by atoms with Crippen LogP contribution in [0.4, 0.5) is 24.7 Å². The number of pyridine rings is 1. The molecule has 0 radical (unpaired) electrons. The number of amides is 2. The molecular formula is C25H30F3N5O2. The normalized spacial score (nSPS) is 17.7. The number of nitrogens with zero attached hydrogens (tertiary/aromatic N) is 3. The van der Waals surface area contributed by atoms with Gasteiger partial charge in [-0.15, -0.1) is 0 Å². The van der Waals surface area contributed by atoms with Crippen molar-refractivity contribution in [3.8, 4) is 0 Å². The number of para-hydroxylation sites is 1. The van der Waals surface area contributed by atoms with E-state index in [1.54, 1.807) is 24.3 Å². The summed E-state index contributed by atoms with van der Waals surface area (Å²) in [5.74, 6) is 0.0981. The molecule has 188 valence electrons. The van der Waals surface area contributed by atoms with Gasteiger partial charge in [0.1, 0.15) is 5.82 Å². The molecule has 0 atom stereocenters. The number of alkyl halides is 3. The van der Waals surface area contributed by atoms with Crippen LogP contribution in [0.25, 0.3) is 0 Å². The van der Waals surface area contributed by atoms with E-state index in [0.29, 0.717) is 43.2 Å². The number of hydrogen-bond donors (Lipinski definition) is 2. The summed E-state index contributed by atoms with van der Waals surface area (Å²) in [6, 6.07) is 9.60. The van der Waals surface area contributed by atoms with E-state index in [2.05, 4.69) is 15.6 Å². The fourth-order valence-electron chi connectivity index (χ4n) is 4.62. The number of anilines is 2. The minimum absolute atomic E-state index is 0.160. The smallest absolute Gasteiger partial charge is 0.355 e. The van der Waals surface area contributed by atoms with Crippen molar-refractivity contribution in [2.24, 2.45) is 0 Å². The molecule has 2 fully saturated rings. The van der Waals surface area contributed by atoms with Crippen LogP contribution in [0, 0.1) is 0 Å². The van der Waals surface area contributed by atoms with Gasteiger partial charge in [-0.1, -0.05) is 25.0 Å². The Morgan fingerprint density at radius 2 is 1.74 bits per heavy atom. The van der Waals surface area contributed by atoms with Crippen molar-refractivity contribution in [3.05, 3.63) is 53.7 Å². The first-order chi connectivity index (χ1) is 16.8. The number of carbonyl (C=O) groups is 2. The van der Waals surface area contributed by atoms with E-state index < -0.39 is 11.7 Å². The first-order valence-corrected chi connectivity index (χ1v) is 12.0. The molecule has 2 N–H and O–H groups in total. The lowest BCUT2D eigenvalue weighted by atomic mass is 10.1. The Morgan fingerprint density at radius 3 is 2.46 bits per heavy atom. The number of rotatable bonds is 6. The first-order valence-electron chi connectivity index (χ1n) is 12.0. The number of hydrogen-bond acceptors (Lipinski definition) is 5. The van der Waals surface area contributed by atoms with Gasteiger partial charge in [0.2, 0.25) is 5.91 Å². The van der Waals surface area contributed by atoms with Gasteiger partial charge in [-0.25, -0.2) is 4.98 Å². The SMILES string of the molecule is O=C(CN1CCCN(c2ccc(C(F)(F)F)cn2)CC1)Nc1ccccc1C(=O)NC1CCCC1. The Morgan fingerprint density at radius 1 is 0.971 bits per heavy atom. The second-order valence-corrected chi connectivity index (χ2v) is 9.07. The quantitative estimate of drug-likeness (QED) is 0.643. The molecule has 1 saturated carbocycles. The first kappa shape index (κ1) is 25.0. The third-order valence-electron chi connectivity index (χ3n) is 6.49. The standard InChI is InChI=1S/C25H30F3N5O2/c26-25(27,28)18-10-11-22(29-16-18)33-13-5-12-32(14-15-33)17-23(34)31-21-9-4-3-8-20(21)24(35)30-19-6-1-2-7-19/h3-4,8-11,16,19H,1-2,5-7,12-15,17H2,(H,30,35)(H,31,34). The van der Waals surface area contributed by atoms with Crippen molar-refractivity contribution >= 4 is 23.3 Å². The van der Waals surface area contributed by atoms with E-state index in [0.717, 1.165) is 44.4 Å². The fraction of sp³-hybridized carbons (Fsp3) is 0.480. The van der Waals surface area contributed by atoms with Gasteiger partial charge >= 0.3 is 6.18 Å². The van der Waals surface area contributed by atoms with Crippen LogP contribution in [-0.2, 0) is 11.0 Å². The summed E-state index contributed by atoms with van der Waals surface area (Å²) in [5, 5.41) is 5.93. The molecule has 1 aliphatic heterocycles. The highest BCUT2D eigenvalue weighted by atomic mass is 19.4. The lowest BCUT2D eigenvalue weighted by Crippen LogP contribution is -2.37. The Labute approximate surface area is 202 Å². The highest BCUT2D eigenvalue weighted by Crippen LogP contribution is 2.29. The molecule has 2 aromatic rings. The van der Waals surface area contributed by atoms with Crippen molar-refractivity contribution in [2.75, 3.05) is 42.9 Å². The van der Waals surface area contributed by atoms with Gasteiger partial charge in [0, 0.05) is 38.4 Å². The van der Waals surface area contributed by atoms with Crippen molar-refractivity contribution in [1.82, 2.24) is 15.2 Å².